The van der Waals surface area contributed by atoms with Crippen LogP contribution in [0.15, 0.2) is 41.1 Å². The highest BCUT2D eigenvalue weighted by Gasteiger charge is 2.41. The van der Waals surface area contributed by atoms with Gasteiger partial charge in [0.2, 0.25) is 0 Å². The van der Waals surface area contributed by atoms with Crippen LogP contribution in [0.1, 0.15) is 56.4 Å². The van der Waals surface area contributed by atoms with Gasteiger partial charge in [0.05, 0.1) is 12.2 Å². The largest absolute Gasteiger partial charge is 0.445 e. The number of anilines is 1. The summed E-state index contributed by atoms with van der Waals surface area (Å²) in [6.07, 6.45) is 7.63. The van der Waals surface area contributed by atoms with Crippen molar-refractivity contribution in [1.82, 2.24) is 10.5 Å². The first-order valence-electron chi connectivity index (χ1n) is 9.90. The first-order valence-corrected chi connectivity index (χ1v) is 9.90. The summed E-state index contributed by atoms with van der Waals surface area (Å²) in [5.41, 5.74) is 1.85. The van der Waals surface area contributed by atoms with Crippen molar-refractivity contribution in [3.8, 4) is 0 Å². The van der Waals surface area contributed by atoms with Crippen molar-refractivity contribution in [2.45, 2.75) is 57.7 Å². The van der Waals surface area contributed by atoms with Crippen molar-refractivity contribution in [2.24, 2.45) is 11.8 Å². The fourth-order valence-electron chi connectivity index (χ4n) is 4.47. The summed E-state index contributed by atoms with van der Waals surface area (Å²) in [5, 5.41) is 10.6. The van der Waals surface area contributed by atoms with Gasteiger partial charge < -0.3 is 19.9 Å². The minimum Gasteiger partial charge on any atom is -0.445 e. The van der Waals surface area contributed by atoms with Crippen LogP contribution in [0.2, 0.25) is 0 Å². The highest BCUT2D eigenvalue weighted by molar-refractivity contribution is 5.68. The maximum atomic E-state index is 12.4. The van der Waals surface area contributed by atoms with Crippen molar-refractivity contribution in [3.63, 3.8) is 0 Å². The van der Waals surface area contributed by atoms with E-state index in [4.69, 9.17) is 9.26 Å². The number of amides is 1. The molecule has 1 aromatic heterocycles. The molecule has 1 amide bonds. The second-order valence-corrected chi connectivity index (χ2v) is 7.71. The minimum atomic E-state index is -0.428. The van der Waals surface area contributed by atoms with Crippen molar-refractivity contribution < 1.29 is 14.1 Å². The summed E-state index contributed by atoms with van der Waals surface area (Å²) in [6.45, 7) is 2.42. The monoisotopic (exact) mass is 369 g/mol. The van der Waals surface area contributed by atoms with Gasteiger partial charge in [0.15, 0.2) is 5.76 Å². The molecular weight excluding hydrogens is 342 g/mol. The maximum Gasteiger partial charge on any atom is 0.408 e. The zero-order valence-electron chi connectivity index (χ0n) is 15.7. The van der Waals surface area contributed by atoms with E-state index in [2.05, 4.69) is 22.7 Å². The lowest BCUT2D eigenvalue weighted by molar-refractivity contribution is 0.123. The third-order valence-electron chi connectivity index (χ3n) is 5.94. The van der Waals surface area contributed by atoms with E-state index in [0.717, 1.165) is 11.3 Å². The Kier molecular flexibility index (Phi) is 5.32. The molecule has 2 aliphatic rings. The van der Waals surface area contributed by atoms with Gasteiger partial charge in [-0.25, -0.2) is 4.79 Å². The lowest BCUT2D eigenvalue weighted by Gasteiger charge is -2.41. The molecule has 0 spiro atoms. The maximum absolute atomic E-state index is 12.4. The zero-order chi connectivity index (χ0) is 18.6. The number of hydrogen-bond donors (Lipinski definition) is 2. The summed E-state index contributed by atoms with van der Waals surface area (Å²) < 4.78 is 10.9. The van der Waals surface area contributed by atoms with Crippen LogP contribution in [0.3, 0.4) is 0 Å². The van der Waals surface area contributed by atoms with E-state index >= 15 is 0 Å². The molecule has 1 fully saturated rings. The van der Waals surface area contributed by atoms with Crippen molar-refractivity contribution >= 4 is 11.8 Å². The van der Waals surface area contributed by atoms with Gasteiger partial charge in [-0.2, -0.15) is 0 Å². The number of nitrogens with one attached hydrogen (secondary N) is 2. The number of carbonyl (C=O) groups is 1. The second-order valence-electron chi connectivity index (χ2n) is 7.71. The average Bonchev–Trinajstić information content (AvgIpc) is 3.18. The summed E-state index contributed by atoms with van der Waals surface area (Å²) in [7, 11) is 0. The Morgan fingerprint density at radius 3 is 2.81 bits per heavy atom. The van der Waals surface area contributed by atoms with E-state index in [1.54, 1.807) is 6.20 Å². The van der Waals surface area contributed by atoms with E-state index in [0.29, 0.717) is 17.7 Å². The van der Waals surface area contributed by atoms with Crippen LogP contribution in [-0.4, -0.2) is 17.3 Å². The molecule has 0 radical (unpaired) electrons. The summed E-state index contributed by atoms with van der Waals surface area (Å²) >= 11 is 0. The lowest BCUT2D eigenvalue weighted by atomic mass is 9.75. The van der Waals surface area contributed by atoms with Crippen LogP contribution in [0.4, 0.5) is 10.5 Å². The minimum absolute atomic E-state index is 0.192. The standard InChI is InChI=1S/C21H27N3O3/c1-14-18(16-10-6-3-7-11-16)23-17-12-22-27-20(17)19(14)24-21(25)26-13-15-8-4-2-5-9-15/h2,4-5,8-9,12,14,16,18-19,23H,3,6-7,10-11,13H2,1H3,(H,24,25)/t14-,18?,19?/m0/s1. The fraction of sp³-hybridized carbons (Fsp3) is 0.524. The molecule has 0 saturated heterocycles. The van der Waals surface area contributed by atoms with E-state index in [1.807, 2.05) is 30.3 Å². The second kappa shape index (κ2) is 8.03. The molecule has 1 aliphatic heterocycles. The van der Waals surface area contributed by atoms with E-state index in [9.17, 15) is 4.79 Å². The topological polar surface area (TPSA) is 76.4 Å². The number of nitrogens with zero attached hydrogens (tertiary/aromatic N) is 1. The number of alkyl carbamates (subject to hydrolysis) is 1. The Hall–Kier alpha value is -2.50. The zero-order valence-corrected chi connectivity index (χ0v) is 15.7. The Morgan fingerprint density at radius 2 is 2.04 bits per heavy atom. The SMILES string of the molecule is C[C@@H]1C(NC(=O)OCc2ccccc2)c2oncc2NC1C1CCCCC1. The Morgan fingerprint density at radius 1 is 1.26 bits per heavy atom. The summed E-state index contributed by atoms with van der Waals surface area (Å²) in [5.74, 6) is 1.49. The number of rotatable bonds is 4. The molecule has 1 saturated carbocycles. The van der Waals surface area contributed by atoms with Gasteiger partial charge in [0.25, 0.3) is 0 Å². The molecule has 4 rings (SSSR count). The van der Waals surface area contributed by atoms with Gasteiger partial charge in [-0.15, -0.1) is 0 Å². The smallest absolute Gasteiger partial charge is 0.408 e. The molecule has 2 N–H and O–H groups in total. The van der Waals surface area contributed by atoms with E-state index < -0.39 is 6.09 Å². The van der Waals surface area contributed by atoms with Gasteiger partial charge >= 0.3 is 6.09 Å². The molecule has 2 heterocycles. The number of hydrogen-bond acceptors (Lipinski definition) is 5. The molecule has 27 heavy (non-hydrogen) atoms. The molecule has 1 aliphatic carbocycles. The highest BCUT2D eigenvalue weighted by atomic mass is 16.5. The number of aromatic nitrogens is 1. The Labute approximate surface area is 159 Å². The number of carbonyl (C=O) groups excluding carboxylic acids is 1. The van der Waals surface area contributed by atoms with Crippen LogP contribution in [0.5, 0.6) is 0 Å². The summed E-state index contributed by atoms with van der Waals surface area (Å²) in [6, 6.07) is 9.75. The summed E-state index contributed by atoms with van der Waals surface area (Å²) in [4.78, 5) is 12.4. The average molecular weight is 369 g/mol. The fourth-order valence-corrected chi connectivity index (χ4v) is 4.47. The first-order chi connectivity index (χ1) is 13.2. The van der Waals surface area contributed by atoms with Crippen LogP contribution < -0.4 is 10.6 Å². The molecule has 0 bridgehead atoms. The molecule has 144 valence electrons. The molecule has 1 aromatic carbocycles. The van der Waals surface area contributed by atoms with Crippen LogP contribution in [0, 0.1) is 11.8 Å². The molecule has 3 atom stereocenters. The molecule has 6 heteroatoms. The van der Waals surface area contributed by atoms with Gasteiger partial charge in [-0.3, -0.25) is 0 Å². The van der Waals surface area contributed by atoms with Gasteiger partial charge in [0.1, 0.15) is 12.3 Å². The molecule has 2 aromatic rings. The number of ether oxygens (including phenoxy) is 1. The van der Waals surface area contributed by atoms with Gasteiger partial charge in [-0.05, 0) is 24.3 Å². The van der Waals surface area contributed by atoms with Gasteiger partial charge in [-0.1, -0.05) is 61.7 Å². The highest BCUT2D eigenvalue weighted by Crippen LogP contribution is 2.42. The van der Waals surface area contributed by atoms with Crippen LogP contribution in [0.25, 0.3) is 0 Å². The van der Waals surface area contributed by atoms with Crippen LogP contribution in [-0.2, 0) is 11.3 Å². The predicted molar refractivity (Wildman–Crippen MR) is 102 cm³/mol. The third kappa shape index (κ3) is 3.94. The van der Waals surface area contributed by atoms with E-state index in [1.165, 1.54) is 32.1 Å². The third-order valence-corrected chi connectivity index (χ3v) is 5.94. The van der Waals surface area contributed by atoms with Crippen LogP contribution >= 0.6 is 0 Å². The van der Waals surface area contributed by atoms with Crippen molar-refractivity contribution in [1.29, 1.82) is 0 Å². The van der Waals surface area contributed by atoms with Crippen molar-refractivity contribution in [2.75, 3.05) is 5.32 Å². The molecular formula is C21H27N3O3. The number of benzene rings is 1. The molecule has 2 unspecified atom stereocenters. The normalized spacial score (nSPS) is 25.3. The molecule has 6 nitrogen and oxygen atoms in total. The van der Waals surface area contributed by atoms with Gasteiger partial charge in [0, 0.05) is 12.0 Å². The Bertz CT molecular complexity index is 755. The lowest BCUT2D eigenvalue weighted by Crippen LogP contribution is -2.47. The number of fused-ring (bicyclic) bond motifs is 1. The van der Waals surface area contributed by atoms with Crippen molar-refractivity contribution in [3.05, 3.63) is 47.9 Å². The van der Waals surface area contributed by atoms with E-state index in [-0.39, 0.29) is 18.6 Å². The quantitative estimate of drug-likeness (QED) is 0.820. The first kappa shape index (κ1) is 17.9. The predicted octanol–water partition coefficient (Wildman–Crippen LogP) is 4.65. The Balaban J connectivity index is 1.44.